The van der Waals surface area contributed by atoms with Gasteiger partial charge in [0.25, 0.3) is 0 Å². The molecule has 6 nitrogen and oxygen atoms in total. The molecule has 0 spiro atoms. The van der Waals surface area contributed by atoms with Gasteiger partial charge in [0.15, 0.2) is 9.84 Å². The van der Waals surface area contributed by atoms with E-state index in [-0.39, 0.29) is 4.90 Å². The zero-order valence-electron chi connectivity index (χ0n) is 14.1. The average Bonchev–Trinajstić information content (AvgIpc) is 2.52. The Labute approximate surface area is 137 Å². The molecule has 126 valence electrons. The molecule has 0 aliphatic heterocycles. The van der Waals surface area contributed by atoms with E-state index in [4.69, 9.17) is 0 Å². The Kier molecular flexibility index (Phi) is 5.54. The fourth-order valence-electron chi connectivity index (χ4n) is 2.29. The van der Waals surface area contributed by atoms with Gasteiger partial charge in [-0.25, -0.2) is 18.4 Å². The molecular formula is C16H24N4O2S. The van der Waals surface area contributed by atoms with Crippen molar-refractivity contribution < 1.29 is 8.42 Å². The van der Waals surface area contributed by atoms with E-state index < -0.39 is 9.84 Å². The number of nitrogens with zero attached hydrogens (tertiary/aromatic N) is 3. The molecule has 1 heterocycles. The third-order valence-corrected chi connectivity index (χ3v) is 5.25. The van der Waals surface area contributed by atoms with E-state index in [1.54, 1.807) is 18.2 Å². The van der Waals surface area contributed by atoms with Crippen LogP contribution in [0.2, 0.25) is 0 Å². The van der Waals surface area contributed by atoms with E-state index in [0.717, 1.165) is 30.4 Å². The highest BCUT2D eigenvalue weighted by atomic mass is 32.2. The SMILES string of the molecule is CCC(C)N(C)CCNc1ncnc2ccc(S(C)(=O)=O)cc12. The summed E-state index contributed by atoms with van der Waals surface area (Å²) >= 11 is 0. The van der Waals surface area contributed by atoms with Crippen LogP contribution in [0.15, 0.2) is 29.4 Å². The fourth-order valence-corrected chi connectivity index (χ4v) is 2.94. The van der Waals surface area contributed by atoms with Crippen molar-refractivity contribution in [3.8, 4) is 0 Å². The smallest absolute Gasteiger partial charge is 0.175 e. The molecule has 0 aliphatic carbocycles. The van der Waals surface area contributed by atoms with Crippen LogP contribution >= 0.6 is 0 Å². The number of likely N-dealkylation sites (N-methyl/N-ethyl adjacent to an activating group) is 1. The minimum Gasteiger partial charge on any atom is -0.368 e. The van der Waals surface area contributed by atoms with Crippen LogP contribution in [0.3, 0.4) is 0 Å². The second kappa shape index (κ2) is 7.23. The summed E-state index contributed by atoms with van der Waals surface area (Å²) in [6, 6.07) is 5.44. The standard InChI is InChI=1S/C16H24N4O2S/c1-5-12(2)20(3)9-8-17-16-14-10-13(23(4,21)22)6-7-15(14)18-11-19-16/h6-7,10-12H,5,8-9H2,1-4H3,(H,17,18,19). The lowest BCUT2D eigenvalue weighted by Gasteiger charge is -2.23. The molecule has 0 radical (unpaired) electrons. The summed E-state index contributed by atoms with van der Waals surface area (Å²) in [7, 11) is -1.16. The molecule has 7 heteroatoms. The van der Waals surface area contributed by atoms with Crippen molar-refractivity contribution in [2.45, 2.75) is 31.2 Å². The molecule has 1 atom stereocenters. The van der Waals surface area contributed by atoms with Gasteiger partial charge >= 0.3 is 0 Å². The Morgan fingerprint density at radius 2 is 2.04 bits per heavy atom. The summed E-state index contributed by atoms with van der Waals surface area (Å²) in [4.78, 5) is 11.0. The quantitative estimate of drug-likeness (QED) is 0.835. The van der Waals surface area contributed by atoms with Crippen LogP contribution in [-0.2, 0) is 9.84 Å². The summed E-state index contributed by atoms with van der Waals surface area (Å²) < 4.78 is 23.5. The molecule has 1 N–H and O–H groups in total. The van der Waals surface area contributed by atoms with Crippen molar-refractivity contribution in [3.05, 3.63) is 24.5 Å². The molecular weight excluding hydrogens is 312 g/mol. The van der Waals surface area contributed by atoms with Gasteiger partial charge in [-0.15, -0.1) is 0 Å². The van der Waals surface area contributed by atoms with Gasteiger partial charge in [0, 0.05) is 30.8 Å². The molecule has 0 fully saturated rings. The van der Waals surface area contributed by atoms with Crippen LogP contribution in [-0.4, -0.2) is 55.7 Å². The lowest BCUT2D eigenvalue weighted by molar-refractivity contribution is 0.261. The van der Waals surface area contributed by atoms with E-state index >= 15 is 0 Å². The largest absolute Gasteiger partial charge is 0.368 e. The third-order valence-electron chi connectivity index (χ3n) is 4.14. The maximum Gasteiger partial charge on any atom is 0.175 e. The summed E-state index contributed by atoms with van der Waals surface area (Å²) in [6.45, 7) is 5.97. The number of rotatable bonds is 7. The molecule has 0 saturated carbocycles. The fraction of sp³-hybridized carbons (Fsp3) is 0.500. The molecule has 23 heavy (non-hydrogen) atoms. The second-order valence-corrected chi connectivity index (χ2v) is 7.85. The normalized spacial score (nSPS) is 13.4. The highest BCUT2D eigenvalue weighted by molar-refractivity contribution is 7.90. The van der Waals surface area contributed by atoms with Gasteiger partial charge in [-0.05, 0) is 38.6 Å². The lowest BCUT2D eigenvalue weighted by atomic mass is 10.2. The summed E-state index contributed by atoms with van der Waals surface area (Å²) in [5.41, 5.74) is 0.727. The number of hydrogen-bond acceptors (Lipinski definition) is 6. The molecule has 2 rings (SSSR count). The summed E-state index contributed by atoms with van der Waals surface area (Å²) in [6.07, 6.45) is 3.79. The molecule has 1 aromatic heterocycles. The number of sulfone groups is 1. The number of benzene rings is 1. The first-order valence-electron chi connectivity index (χ1n) is 7.72. The minimum absolute atomic E-state index is 0.277. The van der Waals surface area contributed by atoms with Crippen LogP contribution in [0, 0.1) is 0 Å². The molecule has 0 aliphatic rings. The Morgan fingerprint density at radius 3 is 2.70 bits per heavy atom. The Morgan fingerprint density at radius 1 is 1.30 bits per heavy atom. The zero-order chi connectivity index (χ0) is 17.0. The number of anilines is 1. The van der Waals surface area contributed by atoms with Crippen molar-refractivity contribution >= 4 is 26.6 Å². The highest BCUT2D eigenvalue weighted by Gasteiger charge is 2.11. The van der Waals surface area contributed by atoms with Crippen molar-refractivity contribution in [3.63, 3.8) is 0 Å². The van der Waals surface area contributed by atoms with Crippen molar-refractivity contribution in [1.82, 2.24) is 14.9 Å². The predicted molar refractivity (Wildman–Crippen MR) is 93.5 cm³/mol. The van der Waals surface area contributed by atoms with Gasteiger partial charge in [-0.1, -0.05) is 6.92 Å². The van der Waals surface area contributed by atoms with Gasteiger partial charge in [0.1, 0.15) is 12.1 Å². The van der Waals surface area contributed by atoms with E-state index in [0.29, 0.717) is 11.9 Å². The van der Waals surface area contributed by atoms with E-state index in [1.165, 1.54) is 12.6 Å². The monoisotopic (exact) mass is 336 g/mol. The summed E-state index contributed by atoms with van der Waals surface area (Å²) in [5, 5.41) is 4.01. The van der Waals surface area contributed by atoms with E-state index in [9.17, 15) is 8.42 Å². The molecule has 0 amide bonds. The number of fused-ring (bicyclic) bond motifs is 1. The van der Waals surface area contributed by atoms with Crippen molar-refractivity contribution in [2.75, 3.05) is 31.7 Å². The van der Waals surface area contributed by atoms with Crippen LogP contribution in [0.1, 0.15) is 20.3 Å². The first kappa shape index (κ1) is 17.6. The predicted octanol–water partition coefficient (Wildman–Crippen LogP) is 2.18. The van der Waals surface area contributed by atoms with Crippen LogP contribution < -0.4 is 5.32 Å². The third kappa shape index (κ3) is 4.39. The summed E-state index contributed by atoms with van der Waals surface area (Å²) in [5.74, 6) is 0.665. The van der Waals surface area contributed by atoms with Crippen LogP contribution in [0.5, 0.6) is 0 Å². The highest BCUT2D eigenvalue weighted by Crippen LogP contribution is 2.22. The van der Waals surface area contributed by atoms with Gasteiger partial charge in [-0.3, -0.25) is 0 Å². The second-order valence-electron chi connectivity index (χ2n) is 5.84. The molecule has 0 bridgehead atoms. The molecule has 1 aromatic carbocycles. The average molecular weight is 336 g/mol. The van der Waals surface area contributed by atoms with Crippen molar-refractivity contribution in [2.24, 2.45) is 0 Å². The zero-order valence-corrected chi connectivity index (χ0v) is 14.9. The van der Waals surface area contributed by atoms with E-state index in [1.807, 2.05) is 0 Å². The Balaban J connectivity index is 2.20. The van der Waals surface area contributed by atoms with E-state index in [2.05, 4.69) is 41.1 Å². The van der Waals surface area contributed by atoms with Crippen molar-refractivity contribution in [1.29, 1.82) is 0 Å². The topological polar surface area (TPSA) is 75.2 Å². The lowest BCUT2D eigenvalue weighted by Crippen LogP contribution is -2.32. The molecule has 2 aromatic rings. The van der Waals surface area contributed by atoms with Gasteiger partial charge in [0.2, 0.25) is 0 Å². The first-order chi connectivity index (χ1) is 10.8. The number of hydrogen-bond donors (Lipinski definition) is 1. The maximum absolute atomic E-state index is 11.7. The maximum atomic E-state index is 11.7. The number of nitrogens with one attached hydrogen (secondary N) is 1. The minimum atomic E-state index is -3.25. The van der Waals surface area contributed by atoms with Gasteiger partial charge in [0.05, 0.1) is 10.4 Å². The first-order valence-corrected chi connectivity index (χ1v) is 9.61. The molecule has 1 unspecified atom stereocenters. The van der Waals surface area contributed by atoms with Crippen LogP contribution in [0.25, 0.3) is 10.9 Å². The Bertz CT molecular complexity index is 777. The van der Waals surface area contributed by atoms with Gasteiger partial charge in [-0.2, -0.15) is 0 Å². The van der Waals surface area contributed by atoms with Crippen LogP contribution in [0.4, 0.5) is 5.82 Å². The molecule has 0 saturated heterocycles. The number of aromatic nitrogens is 2. The Hall–Kier alpha value is -1.73. The van der Waals surface area contributed by atoms with Gasteiger partial charge < -0.3 is 10.2 Å².